The van der Waals surface area contributed by atoms with Gasteiger partial charge in [-0.2, -0.15) is 10.1 Å². The third-order valence-corrected chi connectivity index (χ3v) is 3.73. The fourth-order valence-electron chi connectivity index (χ4n) is 2.33. The highest BCUT2D eigenvalue weighted by Gasteiger charge is 2.25. The first-order chi connectivity index (χ1) is 9.13. The standard InChI is InChI=1S/C12H19N7/c1-8-3-6-19(7-9(8)13)12-14-11(15-16-12)10-4-5-18(2)17-10/h4-5,8-9H,3,6-7,13H2,1-2H3,(H,14,15,16). The molecule has 1 saturated heterocycles. The Bertz CT molecular complexity index is 558. The van der Waals surface area contributed by atoms with Gasteiger partial charge in [0.1, 0.15) is 5.69 Å². The fraction of sp³-hybridized carbons (Fsp3) is 0.583. The summed E-state index contributed by atoms with van der Waals surface area (Å²) in [5.41, 5.74) is 6.91. The van der Waals surface area contributed by atoms with Crippen molar-refractivity contribution in [3.63, 3.8) is 0 Å². The molecule has 1 aliphatic rings. The summed E-state index contributed by atoms with van der Waals surface area (Å²) in [6.07, 6.45) is 2.96. The summed E-state index contributed by atoms with van der Waals surface area (Å²) in [5, 5.41) is 11.5. The molecule has 2 unspecified atom stereocenters. The van der Waals surface area contributed by atoms with Crippen LogP contribution in [-0.4, -0.2) is 44.1 Å². The molecule has 1 fully saturated rings. The van der Waals surface area contributed by atoms with Gasteiger partial charge in [-0.15, -0.1) is 5.10 Å². The molecular weight excluding hydrogens is 242 g/mol. The third-order valence-electron chi connectivity index (χ3n) is 3.73. The van der Waals surface area contributed by atoms with Crippen molar-refractivity contribution in [3.05, 3.63) is 12.3 Å². The van der Waals surface area contributed by atoms with E-state index in [1.165, 1.54) is 0 Å². The van der Waals surface area contributed by atoms with Gasteiger partial charge in [0.05, 0.1) is 0 Å². The van der Waals surface area contributed by atoms with Crippen LogP contribution in [0.2, 0.25) is 0 Å². The quantitative estimate of drug-likeness (QED) is 0.815. The van der Waals surface area contributed by atoms with Crippen LogP contribution in [0.1, 0.15) is 13.3 Å². The molecule has 0 amide bonds. The molecule has 3 rings (SSSR count). The molecule has 2 atom stereocenters. The smallest absolute Gasteiger partial charge is 0.245 e. The Morgan fingerprint density at radius 2 is 2.32 bits per heavy atom. The first-order valence-electron chi connectivity index (χ1n) is 6.56. The third kappa shape index (κ3) is 2.33. The molecule has 2 aromatic heterocycles. The molecule has 0 aromatic carbocycles. The largest absolute Gasteiger partial charge is 0.338 e. The molecule has 0 radical (unpaired) electrons. The van der Waals surface area contributed by atoms with Gasteiger partial charge in [0.15, 0.2) is 5.82 Å². The van der Waals surface area contributed by atoms with E-state index in [0.29, 0.717) is 17.7 Å². The first-order valence-corrected chi connectivity index (χ1v) is 6.56. The Morgan fingerprint density at radius 3 is 3.00 bits per heavy atom. The molecule has 3 N–H and O–H groups in total. The van der Waals surface area contributed by atoms with Gasteiger partial charge in [0, 0.05) is 32.4 Å². The molecular formula is C12H19N7. The fourth-order valence-corrected chi connectivity index (χ4v) is 2.33. The number of aromatic nitrogens is 5. The second-order valence-electron chi connectivity index (χ2n) is 5.23. The lowest BCUT2D eigenvalue weighted by atomic mass is 9.95. The maximum absolute atomic E-state index is 6.10. The van der Waals surface area contributed by atoms with Crippen molar-refractivity contribution in [2.75, 3.05) is 18.0 Å². The van der Waals surface area contributed by atoms with Crippen molar-refractivity contribution in [1.29, 1.82) is 0 Å². The van der Waals surface area contributed by atoms with Gasteiger partial charge in [0.25, 0.3) is 0 Å². The first kappa shape index (κ1) is 12.2. The van der Waals surface area contributed by atoms with Gasteiger partial charge < -0.3 is 10.6 Å². The number of rotatable bonds is 2. The van der Waals surface area contributed by atoms with E-state index in [4.69, 9.17) is 5.73 Å². The number of hydrogen-bond donors (Lipinski definition) is 2. The van der Waals surface area contributed by atoms with Crippen LogP contribution in [0.3, 0.4) is 0 Å². The molecule has 0 aliphatic carbocycles. The molecule has 0 spiro atoms. The number of nitrogens with one attached hydrogen (secondary N) is 1. The molecule has 19 heavy (non-hydrogen) atoms. The molecule has 0 saturated carbocycles. The minimum absolute atomic E-state index is 0.186. The van der Waals surface area contributed by atoms with Crippen LogP contribution in [0.4, 0.5) is 5.95 Å². The zero-order chi connectivity index (χ0) is 13.4. The summed E-state index contributed by atoms with van der Waals surface area (Å²) in [5.74, 6) is 1.97. The summed E-state index contributed by atoms with van der Waals surface area (Å²) < 4.78 is 1.75. The number of hydrogen-bond acceptors (Lipinski definition) is 5. The van der Waals surface area contributed by atoms with Gasteiger partial charge in [-0.05, 0) is 18.4 Å². The van der Waals surface area contributed by atoms with Crippen LogP contribution >= 0.6 is 0 Å². The Balaban J connectivity index is 1.78. The Labute approximate surface area is 111 Å². The Kier molecular flexibility index (Phi) is 2.98. The van der Waals surface area contributed by atoms with Crippen LogP contribution < -0.4 is 10.6 Å². The normalized spacial score (nSPS) is 23.8. The van der Waals surface area contributed by atoms with E-state index in [2.05, 4.69) is 32.1 Å². The summed E-state index contributed by atoms with van der Waals surface area (Å²) in [4.78, 5) is 6.64. The highest BCUT2D eigenvalue weighted by molar-refractivity contribution is 5.50. The molecule has 1 aliphatic heterocycles. The van der Waals surface area contributed by atoms with Crippen molar-refractivity contribution in [2.45, 2.75) is 19.4 Å². The number of nitrogens with two attached hydrogens (primary N) is 1. The van der Waals surface area contributed by atoms with E-state index >= 15 is 0 Å². The van der Waals surface area contributed by atoms with Crippen LogP contribution in [0.5, 0.6) is 0 Å². The van der Waals surface area contributed by atoms with Gasteiger partial charge in [-0.3, -0.25) is 9.78 Å². The predicted octanol–water partition coefficient (Wildman–Crippen LogP) is 0.379. The lowest BCUT2D eigenvalue weighted by molar-refractivity contribution is 0.376. The number of aryl methyl sites for hydroxylation is 1. The Morgan fingerprint density at radius 1 is 1.47 bits per heavy atom. The lowest BCUT2D eigenvalue weighted by Crippen LogP contribution is -2.48. The van der Waals surface area contributed by atoms with Crippen LogP contribution in [0.25, 0.3) is 11.5 Å². The summed E-state index contributed by atoms with van der Waals surface area (Å²) in [7, 11) is 1.88. The van der Waals surface area contributed by atoms with E-state index in [1.54, 1.807) is 4.68 Å². The number of anilines is 1. The van der Waals surface area contributed by atoms with Gasteiger partial charge >= 0.3 is 0 Å². The summed E-state index contributed by atoms with van der Waals surface area (Å²) in [6, 6.07) is 2.10. The minimum Gasteiger partial charge on any atom is -0.338 e. The van der Waals surface area contributed by atoms with E-state index in [-0.39, 0.29) is 6.04 Å². The van der Waals surface area contributed by atoms with Crippen LogP contribution in [0.15, 0.2) is 12.3 Å². The number of piperidine rings is 1. The number of H-pyrrole nitrogens is 1. The van der Waals surface area contributed by atoms with E-state index < -0.39 is 0 Å². The van der Waals surface area contributed by atoms with E-state index in [0.717, 1.165) is 25.2 Å². The molecule has 3 heterocycles. The average molecular weight is 261 g/mol. The van der Waals surface area contributed by atoms with Crippen LogP contribution in [-0.2, 0) is 7.05 Å². The molecule has 0 bridgehead atoms. The van der Waals surface area contributed by atoms with Gasteiger partial charge in [-0.25, -0.2) is 0 Å². The summed E-state index contributed by atoms with van der Waals surface area (Å²) in [6.45, 7) is 3.95. The van der Waals surface area contributed by atoms with Crippen molar-refractivity contribution in [3.8, 4) is 11.5 Å². The molecule has 7 nitrogen and oxygen atoms in total. The highest BCUT2D eigenvalue weighted by atomic mass is 15.4. The van der Waals surface area contributed by atoms with Crippen molar-refractivity contribution < 1.29 is 0 Å². The second kappa shape index (κ2) is 4.65. The zero-order valence-electron chi connectivity index (χ0n) is 11.2. The number of aromatic amines is 1. The predicted molar refractivity (Wildman–Crippen MR) is 72.6 cm³/mol. The van der Waals surface area contributed by atoms with Gasteiger partial charge in [0.2, 0.25) is 5.95 Å². The molecule has 102 valence electrons. The zero-order valence-corrected chi connectivity index (χ0v) is 11.2. The van der Waals surface area contributed by atoms with Crippen molar-refractivity contribution in [2.24, 2.45) is 18.7 Å². The van der Waals surface area contributed by atoms with E-state index in [9.17, 15) is 0 Å². The number of nitrogens with zero attached hydrogens (tertiary/aromatic N) is 5. The SMILES string of the molecule is CC1CCN(c2n[nH]c(-c3ccn(C)n3)n2)CC1N. The average Bonchev–Trinajstić information content (AvgIpc) is 3.01. The topological polar surface area (TPSA) is 88.7 Å². The highest BCUT2D eigenvalue weighted by Crippen LogP contribution is 2.21. The second-order valence-corrected chi connectivity index (χ2v) is 5.23. The minimum atomic E-state index is 0.186. The van der Waals surface area contributed by atoms with Gasteiger partial charge in [-0.1, -0.05) is 6.92 Å². The molecule has 2 aromatic rings. The van der Waals surface area contributed by atoms with E-state index in [1.807, 2.05) is 19.3 Å². The maximum Gasteiger partial charge on any atom is 0.245 e. The maximum atomic E-state index is 6.10. The Hall–Kier alpha value is -1.89. The van der Waals surface area contributed by atoms with Crippen LogP contribution in [0, 0.1) is 5.92 Å². The lowest BCUT2D eigenvalue weighted by Gasteiger charge is -2.34. The summed E-state index contributed by atoms with van der Waals surface area (Å²) >= 11 is 0. The monoisotopic (exact) mass is 261 g/mol. The van der Waals surface area contributed by atoms with Crippen molar-refractivity contribution >= 4 is 5.95 Å². The molecule has 7 heteroatoms. The van der Waals surface area contributed by atoms with Crippen molar-refractivity contribution in [1.82, 2.24) is 25.0 Å².